The Bertz CT molecular complexity index is 1350. The van der Waals surface area contributed by atoms with Crippen LogP contribution >= 0.6 is 11.6 Å². The van der Waals surface area contributed by atoms with E-state index >= 15 is 0 Å². The average Bonchev–Trinajstić information content (AvgIpc) is 2.96. The lowest BCUT2D eigenvalue weighted by Crippen LogP contribution is -2.22. The first-order valence-electron chi connectivity index (χ1n) is 8.56. The Hall–Kier alpha value is -3.45. The van der Waals surface area contributed by atoms with E-state index in [9.17, 15) is 9.59 Å². The van der Waals surface area contributed by atoms with Crippen molar-refractivity contribution in [3.8, 4) is 5.69 Å². The number of aromatic amines is 1. The van der Waals surface area contributed by atoms with E-state index in [2.05, 4.69) is 15.2 Å². The Morgan fingerprint density at radius 3 is 2.54 bits per heavy atom. The highest BCUT2D eigenvalue weighted by Crippen LogP contribution is 2.18. The molecule has 0 amide bonds. The molecule has 0 saturated heterocycles. The molecule has 7 nitrogen and oxygen atoms in total. The van der Waals surface area contributed by atoms with Crippen molar-refractivity contribution in [3.63, 3.8) is 0 Å². The van der Waals surface area contributed by atoms with Crippen LogP contribution in [0.15, 0.2) is 63.2 Å². The number of rotatable bonds is 3. The van der Waals surface area contributed by atoms with Gasteiger partial charge in [-0.3, -0.25) is 14.7 Å². The van der Waals surface area contributed by atoms with Gasteiger partial charge in [-0.05, 0) is 38.1 Å². The average molecular weight is 394 g/mol. The van der Waals surface area contributed by atoms with Crippen molar-refractivity contribution in [1.82, 2.24) is 19.4 Å². The van der Waals surface area contributed by atoms with Gasteiger partial charge in [-0.25, -0.2) is 9.67 Å². The third-order valence-corrected chi connectivity index (χ3v) is 4.75. The molecule has 0 aliphatic carbocycles. The zero-order valence-electron chi connectivity index (χ0n) is 15.2. The highest BCUT2D eigenvalue weighted by molar-refractivity contribution is 6.32. The Kier molecular flexibility index (Phi) is 4.44. The van der Waals surface area contributed by atoms with Crippen LogP contribution < -0.4 is 11.1 Å². The first-order valence-corrected chi connectivity index (χ1v) is 8.94. The van der Waals surface area contributed by atoms with Crippen LogP contribution in [-0.4, -0.2) is 25.7 Å². The molecule has 1 N–H and O–H groups in total. The summed E-state index contributed by atoms with van der Waals surface area (Å²) >= 11 is 6.20. The summed E-state index contributed by atoms with van der Waals surface area (Å²) in [6, 6.07) is 14.1. The molecule has 28 heavy (non-hydrogen) atoms. The lowest BCUT2D eigenvalue weighted by molar-refractivity contribution is 0.770. The maximum atomic E-state index is 12.8. The molecule has 4 rings (SSSR count). The number of nitrogens with zero attached hydrogens (tertiary/aromatic N) is 4. The molecule has 0 fully saturated rings. The second kappa shape index (κ2) is 6.94. The lowest BCUT2D eigenvalue weighted by atomic mass is 10.2. The number of nitrogens with one attached hydrogen (secondary N) is 1. The van der Waals surface area contributed by atoms with E-state index in [1.54, 1.807) is 56.3 Å². The van der Waals surface area contributed by atoms with Crippen molar-refractivity contribution in [1.29, 1.82) is 0 Å². The van der Waals surface area contributed by atoms with Gasteiger partial charge in [0.2, 0.25) is 0 Å². The van der Waals surface area contributed by atoms with Crippen LogP contribution in [0, 0.1) is 13.8 Å². The van der Waals surface area contributed by atoms with Gasteiger partial charge in [-0.1, -0.05) is 35.9 Å². The summed E-state index contributed by atoms with van der Waals surface area (Å²) in [7, 11) is 0. The SMILES string of the molecule is Cc1[nH]n(-c2ccccc2Cl)c(=O)c1C=Nn1c(C)nc2ccccc2c1=O. The van der Waals surface area contributed by atoms with Crippen LogP contribution in [0.1, 0.15) is 17.1 Å². The summed E-state index contributed by atoms with van der Waals surface area (Å²) in [5.74, 6) is 0.430. The fourth-order valence-electron chi connectivity index (χ4n) is 3.00. The minimum Gasteiger partial charge on any atom is -0.295 e. The number of benzene rings is 2. The minimum absolute atomic E-state index is 0.293. The van der Waals surface area contributed by atoms with Gasteiger partial charge >= 0.3 is 0 Å². The predicted octanol–water partition coefficient (Wildman–Crippen LogP) is 3.03. The predicted molar refractivity (Wildman–Crippen MR) is 110 cm³/mol. The van der Waals surface area contributed by atoms with Crippen LogP contribution in [0.5, 0.6) is 0 Å². The molecule has 0 aliphatic heterocycles. The number of aryl methyl sites for hydroxylation is 2. The fraction of sp³-hybridized carbons (Fsp3) is 0.100. The van der Waals surface area contributed by atoms with Crippen molar-refractivity contribution < 1.29 is 0 Å². The Morgan fingerprint density at radius 2 is 1.75 bits per heavy atom. The Morgan fingerprint density at radius 1 is 1.04 bits per heavy atom. The van der Waals surface area contributed by atoms with E-state index in [1.807, 2.05) is 6.07 Å². The van der Waals surface area contributed by atoms with Crippen LogP contribution in [0.25, 0.3) is 16.6 Å². The molecule has 8 heteroatoms. The third kappa shape index (κ3) is 2.95. The van der Waals surface area contributed by atoms with Gasteiger partial charge in [-0.2, -0.15) is 9.78 Å². The summed E-state index contributed by atoms with van der Waals surface area (Å²) in [5, 5.41) is 8.12. The van der Waals surface area contributed by atoms with Crippen LogP contribution in [-0.2, 0) is 0 Å². The largest absolute Gasteiger partial charge is 0.295 e. The van der Waals surface area contributed by atoms with Gasteiger partial charge in [0.15, 0.2) is 0 Å². The first-order chi connectivity index (χ1) is 13.5. The van der Waals surface area contributed by atoms with E-state index in [0.717, 1.165) is 0 Å². The van der Waals surface area contributed by atoms with Gasteiger partial charge in [0.25, 0.3) is 11.1 Å². The summed E-state index contributed by atoms with van der Waals surface area (Å²) in [4.78, 5) is 29.9. The van der Waals surface area contributed by atoms with Crippen molar-refractivity contribution >= 4 is 28.7 Å². The molecule has 0 spiro atoms. The number of hydrogen-bond acceptors (Lipinski definition) is 4. The van der Waals surface area contributed by atoms with Gasteiger partial charge in [0.1, 0.15) is 5.82 Å². The number of H-pyrrole nitrogens is 1. The summed E-state index contributed by atoms with van der Waals surface area (Å²) < 4.78 is 2.54. The number of para-hydroxylation sites is 2. The summed E-state index contributed by atoms with van der Waals surface area (Å²) in [5.41, 5.74) is 1.48. The third-order valence-electron chi connectivity index (χ3n) is 4.43. The second-order valence-electron chi connectivity index (χ2n) is 6.28. The molecule has 0 saturated carbocycles. The van der Waals surface area contributed by atoms with E-state index in [0.29, 0.717) is 38.7 Å². The van der Waals surface area contributed by atoms with Gasteiger partial charge in [0.05, 0.1) is 33.4 Å². The molecule has 2 heterocycles. The highest BCUT2D eigenvalue weighted by atomic mass is 35.5. The van der Waals surface area contributed by atoms with Crippen molar-refractivity contribution in [2.45, 2.75) is 13.8 Å². The maximum absolute atomic E-state index is 12.8. The van der Waals surface area contributed by atoms with Crippen molar-refractivity contribution in [2.75, 3.05) is 0 Å². The molecular formula is C20H16ClN5O2. The summed E-state index contributed by atoms with van der Waals surface area (Å²) in [6.07, 6.45) is 1.37. The fourth-order valence-corrected chi connectivity index (χ4v) is 3.22. The molecule has 2 aromatic carbocycles. The maximum Gasteiger partial charge on any atom is 0.282 e. The lowest BCUT2D eigenvalue weighted by Gasteiger charge is -2.04. The molecule has 0 atom stereocenters. The van der Waals surface area contributed by atoms with Crippen LogP contribution in [0.2, 0.25) is 5.02 Å². The molecule has 2 aromatic heterocycles. The zero-order valence-corrected chi connectivity index (χ0v) is 15.9. The van der Waals surface area contributed by atoms with E-state index in [1.165, 1.54) is 15.6 Å². The molecule has 0 radical (unpaired) electrons. The highest BCUT2D eigenvalue weighted by Gasteiger charge is 2.13. The molecular weight excluding hydrogens is 378 g/mol. The number of aromatic nitrogens is 4. The zero-order chi connectivity index (χ0) is 19.8. The van der Waals surface area contributed by atoms with Crippen LogP contribution in [0.3, 0.4) is 0 Å². The monoisotopic (exact) mass is 393 g/mol. The first kappa shape index (κ1) is 17.9. The van der Waals surface area contributed by atoms with Crippen molar-refractivity contribution in [2.24, 2.45) is 5.10 Å². The van der Waals surface area contributed by atoms with Gasteiger partial charge < -0.3 is 0 Å². The Balaban J connectivity index is 1.82. The quantitative estimate of drug-likeness (QED) is 0.543. The topological polar surface area (TPSA) is 85.0 Å². The normalized spacial score (nSPS) is 11.5. The minimum atomic E-state index is -0.311. The molecule has 140 valence electrons. The molecule has 0 aliphatic rings. The van der Waals surface area contributed by atoms with Crippen molar-refractivity contribution in [3.05, 3.63) is 91.3 Å². The second-order valence-corrected chi connectivity index (χ2v) is 6.69. The van der Waals surface area contributed by atoms with Gasteiger partial charge in [-0.15, -0.1) is 0 Å². The molecule has 4 aromatic rings. The van der Waals surface area contributed by atoms with E-state index in [-0.39, 0.29) is 11.1 Å². The molecule has 0 bridgehead atoms. The number of halogens is 1. The van der Waals surface area contributed by atoms with E-state index < -0.39 is 0 Å². The van der Waals surface area contributed by atoms with E-state index in [4.69, 9.17) is 11.6 Å². The summed E-state index contributed by atoms with van der Waals surface area (Å²) in [6.45, 7) is 3.45. The number of hydrogen-bond donors (Lipinski definition) is 1. The standard InChI is InChI=1S/C20H16ClN5O2/c1-12-15(20(28)26(24-12)18-10-6-4-8-16(18)21)11-22-25-13(2)23-17-9-5-3-7-14(17)19(25)27/h3-11,24H,1-2H3. The van der Waals surface area contributed by atoms with Gasteiger partial charge in [0, 0.05) is 5.69 Å². The Labute approximate surface area is 164 Å². The number of fused-ring (bicyclic) bond motifs is 1. The molecule has 0 unspecified atom stereocenters. The van der Waals surface area contributed by atoms with Crippen LogP contribution in [0.4, 0.5) is 0 Å². The smallest absolute Gasteiger partial charge is 0.282 e.